The van der Waals surface area contributed by atoms with E-state index in [9.17, 15) is 13.2 Å². The normalized spacial score (nSPS) is 17.2. The summed E-state index contributed by atoms with van der Waals surface area (Å²) in [5.74, 6) is 1.30. The summed E-state index contributed by atoms with van der Waals surface area (Å²) in [6.07, 6.45) is 1.01. The summed E-state index contributed by atoms with van der Waals surface area (Å²) in [6, 6.07) is 11.9. The second kappa shape index (κ2) is 9.68. The van der Waals surface area contributed by atoms with Crippen molar-refractivity contribution in [3.63, 3.8) is 0 Å². The smallest absolute Gasteiger partial charge is 0.243 e. The molecule has 0 atom stereocenters. The molecule has 0 bridgehead atoms. The maximum absolute atomic E-state index is 13.2. The first kappa shape index (κ1) is 22.9. The topological polar surface area (TPSA) is 76.2 Å². The van der Waals surface area contributed by atoms with Gasteiger partial charge in [0.1, 0.15) is 13.2 Å². The van der Waals surface area contributed by atoms with Crippen LogP contribution in [0.25, 0.3) is 0 Å². The van der Waals surface area contributed by atoms with E-state index in [1.165, 1.54) is 16.4 Å². The van der Waals surface area contributed by atoms with Crippen LogP contribution in [0.4, 0.5) is 0 Å². The standard InChI is InChI=1S/C23H27ClN2O5S/c1-2-25(16-17-3-8-21-22(15-17)31-14-13-30-21)23(27)18-9-11-26(12-10-18)32(28,29)20-6-4-19(24)5-7-20/h3-8,15,18H,2,9-14,16H2,1H3. The minimum atomic E-state index is -3.59. The maximum Gasteiger partial charge on any atom is 0.243 e. The molecule has 0 spiro atoms. The number of rotatable bonds is 6. The third-order valence-electron chi connectivity index (χ3n) is 5.93. The van der Waals surface area contributed by atoms with Crippen molar-refractivity contribution in [3.8, 4) is 11.5 Å². The van der Waals surface area contributed by atoms with Gasteiger partial charge in [0.05, 0.1) is 4.90 Å². The summed E-state index contributed by atoms with van der Waals surface area (Å²) < 4.78 is 38.4. The van der Waals surface area contributed by atoms with Crippen molar-refractivity contribution >= 4 is 27.5 Å². The zero-order valence-corrected chi connectivity index (χ0v) is 19.6. The molecule has 2 aromatic rings. The number of piperidine rings is 1. The summed E-state index contributed by atoms with van der Waals surface area (Å²) in [5.41, 5.74) is 0.979. The van der Waals surface area contributed by atoms with E-state index in [4.69, 9.17) is 21.1 Å². The molecule has 7 nitrogen and oxygen atoms in total. The zero-order chi connectivity index (χ0) is 22.7. The van der Waals surface area contributed by atoms with Crippen LogP contribution in [-0.2, 0) is 21.4 Å². The summed E-state index contributed by atoms with van der Waals surface area (Å²) in [7, 11) is -3.59. The molecule has 0 saturated carbocycles. The first-order valence-electron chi connectivity index (χ1n) is 10.8. The quantitative estimate of drug-likeness (QED) is 0.634. The van der Waals surface area contributed by atoms with Crippen LogP contribution in [-0.4, -0.2) is 56.4 Å². The fourth-order valence-corrected chi connectivity index (χ4v) is 5.70. The number of carbonyl (C=O) groups excluding carboxylic acids is 1. The second-order valence-electron chi connectivity index (χ2n) is 7.96. The Morgan fingerprint density at radius 1 is 1.06 bits per heavy atom. The largest absolute Gasteiger partial charge is 0.486 e. The van der Waals surface area contributed by atoms with Crippen LogP contribution in [0.1, 0.15) is 25.3 Å². The third-order valence-corrected chi connectivity index (χ3v) is 8.09. The first-order chi connectivity index (χ1) is 15.4. The van der Waals surface area contributed by atoms with Crippen molar-refractivity contribution in [2.75, 3.05) is 32.8 Å². The van der Waals surface area contributed by atoms with Crippen LogP contribution >= 0.6 is 11.6 Å². The highest BCUT2D eigenvalue weighted by Gasteiger charge is 2.33. The number of benzene rings is 2. The zero-order valence-electron chi connectivity index (χ0n) is 18.0. The second-order valence-corrected chi connectivity index (χ2v) is 10.3. The van der Waals surface area contributed by atoms with Crippen molar-refractivity contribution in [3.05, 3.63) is 53.1 Å². The van der Waals surface area contributed by atoms with Crippen molar-refractivity contribution in [2.24, 2.45) is 5.92 Å². The minimum absolute atomic E-state index is 0.0610. The van der Waals surface area contributed by atoms with Gasteiger partial charge in [-0.15, -0.1) is 0 Å². The molecule has 2 aliphatic rings. The van der Waals surface area contributed by atoms with E-state index in [0.29, 0.717) is 63.0 Å². The van der Waals surface area contributed by atoms with Crippen molar-refractivity contribution in [2.45, 2.75) is 31.2 Å². The first-order valence-corrected chi connectivity index (χ1v) is 12.6. The van der Waals surface area contributed by atoms with Crippen LogP contribution in [0.2, 0.25) is 5.02 Å². The van der Waals surface area contributed by atoms with Crippen LogP contribution in [0.15, 0.2) is 47.4 Å². The number of fused-ring (bicyclic) bond motifs is 1. The molecule has 0 radical (unpaired) electrons. The maximum atomic E-state index is 13.2. The number of carbonyl (C=O) groups is 1. The van der Waals surface area contributed by atoms with Crippen molar-refractivity contribution in [1.82, 2.24) is 9.21 Å². The molecule has 2 aliphatic heterocycles. The van der Waals surface area contributed by atoms with E-state index < -0.39 is 10.0 Å². The molecule has 9 heteroatoms. The summed E-state index contributed by atoms with van der Waals surface area (Å²) >= 11 is 5.87. The van der Waals surface area contributed by atoms with Crippen LogP contribution < -0.4 is 9.47 Å². The number of ether oxygens (including phenoxy) is 2. The highest BCUT2D eigenvalue weighted by atomic mass is 35.5. The monoisotopic (exact) mass is 478 g/mol. The lowest BCUT2D eigenvalue weighted by Crippen LogP contribution is -2.44. The third kappa shape index (κ3) is 4.87. The Morgan fingerprint density at radius 2 is 1.72 bits per heavy atom. The molecule has 1 fully saturated rings. The van der Waals surface area contributed by atoms with E-state index in [2.05, 4.69) is 0 Å². The molecule has 0 aliphatic carbocycles. The Balaban J connectivity index is 1.38. The SMILES string of the molecule is CCN(Cc1ccc2c(c1)OCCO2)C(=O)C1CCN(S(=O)(=O)c2ccc(Cl)cc2)CC1. The lowest BCUT2D eigenvalue weighted by atomic mass is 9.96. The van der Waals surface area contributed by atoms with Gasteiger partial charge in [0.2, 0.25) is 15.9 Å². The molecule has 0 aromatic heterocycles. The van der Waals surface area contributed by atoms with Gasteiger partial charge in [-0.05, 0) is 61.7 Å². The van der Waals surface area contributed by atoms with E-state index in [1.54, 1.807) is 12.1 Å². The Labute approximate surface area is 193 Å². The van der Waals surface area contributed by atoms with Crippen molar-refractivity contribution in [1.29, 1.82) is 0 Å². The van der Waals surface area contributed by atoms with E-state index >= 15 is 0 Å². The Morgan fingerprint density at radius 3 is 2.38 bits per heavy atom. The number of hydrogen-bond acceptors (Lipinski definition) is 5. The number of halogens is 1. The van der Waals surface area contributed by atoms with Gasteiger partial charge in [0, 0.05) is 37.1 Å². The van der Waals surface area contributed by atoms with Gasteiger partial charge in [-0.25, -0.2) is 8.42 Å². The Kier molecular flexibility index (Phi) is 6.93. The average molecular weight is 479 g/mol. The summed E-state index contributed by atoms with van der Waals surface area (Å²) in [5, 5.41) is 0.492. The van der Waals surface area contributed by atoms with Gasteiger partial charge in [-0.2, -0.15) is 4.31 Å². The molecule has 172 valence electrons. The van der Waals surface area contributed by atoms with Crippen LogP contribution in [0.5, 0.6) is 11.5 Å². The number of amides is 1. The van der Waals surface area contributed by atoms with Gasteiger partial charge >= 0.3 is 0 Å². The van der Waals surface area contributed by atoms with Gasteiger partial charge in [0.25, 0.3) is 0 Å². The van der Waals surface area contributed by atoms with Gasteiger partial charge in [0.15, 0.2) is 11.5 Å². The van der Waals surface area contributed by atoms with Gasteiger partial charge in [-0.3, -0.25) is 4.79 Å². The molecule has 4 rings (SSSR count). The number of nitrogens with zero attached hydrogens (tertiary/aromatic N) is 2. The van der Waals surface area contributed by atoms with E-state index in [0.717, 1.165) is 11.3 Å². The number of hydrogen-bond donors (Lipinski definition) is 0. The molecule has 1 amide bonds. The molecule has 2 heterocycles. The lowest BCUT2D eigenvalue weighted by Gasteiger charge is -2.33. The van der Waals surface area contributed by atoms with Crippen molar-refractivity contribution < 1.29 is 22.7 Å². The van der Waals surface area contributed by atoms with Crippen LogP contribution in [0.3, 0.4) is 0 Å². The highest BCUT2D eigenvalue weighted by Crippen LogP contribution is 2.32. The molecule has 0 unspecified atom stereocenters. The van der Waals surface area contributed by atoms with Gasteiger partial charge in [-0.1, -0.05) is 17.7 Å². The fourth-order valence-electron chi connectivity index (χ4n) is 4.11. The van der Waals surface area contributed by atoms with Crippen LogP contribution in [0, 0.1) is 5.92 Å². The minimum Gasteiger partial charge on any atom is -0.486 e. The molecular weight excluding hydrogens is 452 g/mol. The summed E-state index contributed by atoms with van der Waals surface area (Å²) in [6.45, 7) is 4.72. The predicted molar refractivity (Wildman–Crippen MR) is 121 cm³/mol. The fraction of sp³-hybridized carbons (Fsp3) is 0.435. The molecular formula is C23H27ClN2O5S. The number of sulfonamides is 1. The van der Waals surface area contributed by atoms with Gasteiger partial charge < -0.3 is 14.4 Å². The molecule has 1 saturated heterocycles. The highest BCUT2D eigenvalue weighted by molar-refractivity contribution is 7.89. The average Bonchev–Trinajstić information content (AvgIpc) is 2.82. The summed E-state index contributed by atoms with van der Waals surface area (Å²) in [4.78, 5) is 15.2. The molecule has 2 aromatic carbocycles. The molecule has 32 heavy (non-hydrogen) atoms. The van der Waals surface area contributed by atoms with E-state index in [1.807, 2.05) is 30.0 Å². The lowest BCUT2D eigenvalue weighted by molar-refractivity contribution is -0.137. The van der Waals surface area contributed by atoms with E-state index in [-0.39, 0.29) is 16.7 Å². The Bertz CT molecular complexity index is 1070. The predicted octanol–water partition coefficient (Wildman–Crippen LogP) is 3.56. The molecule has 0 N–H and O–H groups in total. The Hall–Kier alpha value is -2.29.